The van der Waals surface area contributed by atoms with E-state index in [1.165, 1.54) is 69.8 Å². The van der Waals surface area contributed by atoms with Gasteiger partial charge in [0.15, 0.2) is 0 Å². The molecule has 0 heterocycles. The Morgan fingerprint density at radius 3 is 2.06 bits per heavy atom. The molecule has 0 nitrogen and oxygen atoms in total. The molecule has 0 aromatic carbocycles. The van der Waals surface area contributed by atoms with Crippen LogP contribution in [0.25, 0.3) is 0 Å². The van der Waals surface area contributed by atoms with Gasteiger partial charge >= 0.3 is 0 Å². The van der Waals surface area contributed by atoms with Crippen molar-refractivity contribution in [2.45, 2.75) is 78.1 Å². The summed E-state index contributed by atoms with van der Waals surface area (Å²) in [6.45, 7) is 8.43. The highest BCUT2D eigenvalue weighted by atomic mass is 14.0. The van der Waals surface area contributed by atoms with E-state index in [9.17, 15) is 0 Å². The van der Waals surface area contributed by atoms with Crippen molar-refractivity contribution in [3.63, 3.8) is 0 Å². The molecule has 0 N–H and O–H groups in total. The van der Waals surface area contributed by atoms with E-state index in [2.05, 4.69) is 26.5 Å². The first kappa shape index (κ1) is 15.5. The highest BCUT2D eigenvalue weighted by Gasteiger charge is 1.93. The molecule has 94 valence electrons. The molecular weight excluding hydrogens is 192 g/mol. The van der Waals surface area contributed by atoms with Gasteiger partial charge in [-0.25, -0.2) is 0 Å². The van der Waals surface area contributed by atoms with Gasteiger partial charge in [-0.15, -0.1) is 0 Å². The van der Waals surface area contributed by atoms with Crippen LogP contribution in [0.1, 0.15) is 78.1 Å². The van der Waals surface area contributed by atoms with Crippen LogP contribution in [0.4, 0.5) is 0 Å². The number of hydrogen-bond donors (Lipinski definition) is 0. The van der Waals surface area contributed by atoms with Gasteiger partial charge in [0.2, 0.25) is 0 Å². The van der Waals surface area contributed by atoms with Crippen molar-refractivity contribution < 1.29 is 0 Å². The van der Waals surface area contributed by atoms with Crippen LogP contribution in [0.15, 0.2) is 24.3 Å². The molecule has 0 aliphatic heterocycles. The maximum absolute atomic E-state index is 3.91. The number of unbranched alkanes of at least 4 members (excludes halogenated alkanes) is 7. The van der Waals surface area contributed by atoms with Crippen molar-refractivity contribution in [3.05, 3.63) is 24.3 Å². The van der Waals surface area contributed by atoms with Crippen molar-refractivity contribution >= 4 is 0 Å². The Morgan fingerprint density at radius 2 is 1.50 bits per heavy atom. The zero-order valence-electron chi connectivity index (χ0n) is 11.4. The fourth-order valence-corrected chi connectivity index (χ4v) is 1.90. The monoisotopic (exact) mass is 222 g/mol. The number of hydrogen-bond acceptors (Lipinski definition) is 0. The summed E-state index contributed by atoms with van der Waals surface area (Å²) in [6.07, 6.45) is 17.8. The van der Waals surface area contributed by atoms with Crippen molar-refractivity contribution in [3.8, 4) is 0 Å². The zero-order valence-corrected chi connectivity index (χ0v) is 11.4. The first-order chi connectivity index (χ1) is 7.85. The van der Waals surface area contributed by atoms with E-state index in [0.717, 1.165) is 0 Å². The summed E-state index contributed by atoms with van der Waals surface area (Å²) in [5.41, 5.74) is 1.47. The molecule has 0 saturated carbocycles. The highest BCUT2D eigenvalue weighted by molar-refractivity contribution is 5.15. The van der Waals surface area contributed by atoms with E-state index >= 15 is 0 Å². The topological polar surface area (TPSA) is 0 Å². The summed E-state index contributed by atoms with van der Waals surface area (Å²) < 4.78 is 0. The van der Waals surface area contributed by atoms with Gasteiger partial charge in [0, 0.05) is 0 Å². The largest absolute Gasteiger partial charge is 0.0988 e. The molecule has 0 unspecified atom stereocenters. The summed E-state index contributed by atoms with van der Waals surface area (Å²) in [6, 6.07) is 0. The van der Waals surface area contributed by atoms with Crippen LogP contribution in [0.2, 0.25) is 0 Å². The molecule has 0 fully saturated rings. The van der Waals surface area contributed by atoms with Crippen LogP contribution >= 0.6 is 0 Å². The molecule has 0 aromatic heterocycles. The van der Waals surface area contributed by atoms with Gasteiger partial charge in [-0.1, -0.05) is 76.7 Å². The second kappa shape index (κ2) is 12.5. The van der Waals surface area contributed by atoms with Crippen molar-refractivity contribution in [2.75, 3.05) is 0 Å². The maximum Gasteiger partial charge on any atom is -0.0282 e. The fourth-order valence-electron chi connectivity index (χ4n) is 1.90. The minimum atomic E-state index is 1.23. The number of rotatable bonds is 11. The van der Waals surface area contributed by atoms with Gasteiger partial charge in [-0.05, 0) is 25.7 Å². The van der Waals surface area contributed by atoms with E-state index in [-0.39, 0.29) is 0 Å². The Balaban J connectivity index is 3.54. The molecule has 0 aliphatic carbocycles. The molecule has 0 aromatic rings. The van der Waals surface area contributed by atoms with Crippen molar-refractivity contribution in [2.24, 2.45) is 0 Å². The van der Waals surface area contributed by atoms with Gasteiger partial charge in [-0.2, -0.15) is 0 Å². The SMILES string of the molecule is C=CC(=CCCCCCC)CCCCCC. The normalized spacial score (nSPS) is 11.8. The van der Waals surface area contributed by atoms with Gasteiger partial charge in [0.25, 0.3) is 0 Å². The minimum Gasteiger partial charge on any atom is -0.0988 e. The van der Waals surface area contributed by atoms with Crippen LogP contribution < -0.4 is 0 Å². The smallest absolute Gasteiger partial charge is 0.0282 e. The summed E-state index contributed by atoms with van der Waals surface area (Å²) in [4.78, 5) is 0. The Bertz CT molecular complexity index is 176. The van der Waals surface area contributed by atoms with Crippen molar-refractivity contribution in [1.29, 1.82) is 0 Å². The Labute approximate surface area is 103 Å². The summed E-state index contributed by atoms with van der Waals surface area (Å²) in [5, 5.41) is 0. The molecule has 0 rings (SSSR count). The first-order valence-electron chi connectivity index (χ1n) is 7.16. The van der Waals surface area contributed by atoms with Crippen LogP contribution in [-0.4, -0.2) is 0 Å². The fraction of sp³-hybridized carbons (Fsp3) is 0.750. The van der Waals surface area contributed by atoms with Gasteiger partial charge in [0.1, 0.15) is 0 Å². The third-order valence-corrected chi connectivity index (χ3v) is 3.05. The predicted molar refractivity (Wildman–Crippen MR) is 75.8 cm³/mol. The number of allylic oxidation sites excluding steroid dienone is 3. The van der Waals surface area contributed by atoms with Gasteiger partial charge in [-0.3, -0.25) is 0 Å². The van der Waals surface area contributed by atoms with E-state index in [0.29, 0.717) is 0 Å². The van der Waals surface area contributed by atoms with Crippen molar-refractivity contribution in [1.82, 2.24) is 0 Å². The van der Waals surface area contributed by atoms with E-state index < -0.39 is 0 Å². The average Bonchev–Trinajstić information content (AvgIpc) is 2.31. The summed E-state index contributed by atoms with van der Waals surface area (Å²) in [7, 11) is 0. The molecule has 0 amide bonds. The molecule has 0 spiro atoms. The lowest BCUT2D eigenvalue weighted by Crippen LogP contribution is -1.82. The summed E-state index contributed by atoms with van der Waals surface area (Å²) in [5.74, 6) is 0. The second-order valence-corrected chi connectivity index (χ2v) is 4.64. The van der Waals surface area contributed by atoms with E-state index in [4.69, 9.17) is 0 Å². The Hall–Kier alpha value is -0.520. The quantitative estimate of drug-likeness (QED) is 0.295. The first-order valence-corrected chi connectivity index (χ1v) is 7.16. The van der Waals surface area contributed by atoms with Crippen LogP contribution in [-0.2, 0) is 0 Å². The van der Waals surface area contributed by atoms with E-state index in [1.807, 2.05) is 6.08 Å². The van der Waals surface area contributed by atoms with Crippen LogP contribution in [0.3, 0.4) is 0 Å². The standard InChI is InChI=1S/C16H30/c1-4-7-9-11-13-15-16(6-3)14-12-10-8-5-2/h6,15H,3-5,7-14H2,1-2H3. The van der Waals surface area contributed by atoms with Gasteiger partial charge in [0.05, 0.1) is 0 Å². The lowest BCUT2D eigenvalue weighted by molar-refractivity contribution is 0.659. The van der Waals surface area contributed by atoms with E-state index in [1.54, 1.807) is 0 Å². The third kappa shape index (κ3) is 10.0. The molecular formula is C16H30. The molecule has 16 heavy (non-hydrogen) atoms. The molecule has 0 atom stereocenters. The minimum absolute atomic E-state index is 1.23. The van der Waals surface area contributed by atoms with Gasteiger partial charge < -0.3 is 0 Å². The molecule has 0 bridgehead atoms. The lowest BCUT2D eigenvalue weighted by Gasteiger charge is -2.02. The molecule has 0 aliphatic rings. The van der Waals surface area contributed by atoms with Crippen LogP contribution in [0, 0.1) is 0 Å². The highest BCUT2D eigenvalue weighted by Crippen LogP contribution is 2.13. The summed E-state index contributed by atoms with van der Waals surface area (Å²) >= 11 is 0. The predicted octanol–water partition coefficient (Wildman–Crippen LogP) is 6.04. The zero-order chi connectivity index (χ0) is 12.1. The molecule has 0 heteroatoms. The molecule has 0 saturated heterocycles. The Kier molecular flexibility index (Phi) is 12.1. The lowest BCUT2D eigenvalue weighted by atomic mass is 10.0. The third-order valence-electron chi connectivity index (χ3n) is 3.05. The van der Waals surface area contributed by atoms with Crippen LogP contribution in [0.5, 0.6) is 0 Å². The second-order valence-electron chi connectivity index (χ2n) is 4.64. The Morgan fingerprint density at radius 1 is 0.875 bits per heavy atom. The molecule has 0 radical (unpaired) electrons. The maximum atomic E-state index is 3.91. The average molecular weight is 222 g/mol.